The zero-order chi connectivity index (χ0) is 20.4. The van der Waals surface area contributed by atoms with Crippen LogP contribution in [0.1, 0.15) is 64.7 Å². The highest BCUT2D eigenvalue weighted by Gasteiger charge is 2.27. The molecule has 0 aromatic heterocycles. The molecule has 1 fully saturated rings. The summed E-state index contributed by atoms with van der Waals surface area (Å²) in [5.74, 6) is 0.872. The molecule has 1 aromatic carbocycles. The fourth-order valence-electron chi connectivity index (χ4n) is 3.11. The van der Waals surface area contributed by atoms with E-state index >= 15 is 0 Å². The molecule has 1 aromatic rings. The molecule has 1 heterocycles. The van der Waals surface area contributed by atoms with Crippen LogP contribution in [0.25, 0.3) is 6.08 Å². The number of hydrogen-bond donors (Lipinski definition) is 1. The third kappa shape index (κ3) is 5.29. The number of nitriles is 1. The van der Waals surface area contributed by atoms with Crippen LogP contribution in [-0.2, 0) is 15.6 Å². The van der Waals surface area contributed by atoms with E-state index in [1.54, 1.807) is 16.7 Å². The van der Waals surface area contributed by atoms with E-state index in [0.717, 1.165) is 21.6 Å². The van der Waals surface area contributed by atoms with Gasteiger partial charge in [0.25, 0.3) is 0 Å². The van der Waals surface area contributed by atoms with Crippen molar-refractivity contribution in [3.8, 4) is 11.8 Å². The highest BCUT2D eigenvalue weighted by Crippen LogP contribution is 2.40. The summed E-state index contributed by atoms with van der Waals surface area (Å²) in [6.07, 6.45) is 2.46. The number of phenolic OH excluding ortho intramolecular Hbond substituents is 1. The summed E-state index contributed by atoms with van der Waals surface area (Å²) < 4.78 is 0. The number of nitrogens with zero attached hydrogens (tertiary/aromatic N) is 2. The van der Waals surface area contributed by atoms with Crippen molar-refractivity contribution < 1.29 is 9.90 Å². The molecule has 1 aliphatic heterocycles. The minimum Gasteiger partial charge on any atom is -0.507 e. The second-order valence-electron chi connectivity index (χ2n) is 9.09. The quantitative estimate of drug-likeness (QED) is 0.809. The maximum Gasteiger partial charge on any atom is 0.233 e. The lowest BCUT2D eigenvalue weighted by Crippen LogP contribution is -2.37. The number of thioether (sulfide) groups is 1. The molecule has 0 atom stereocenters. The summed E-state index contributed by atoms with van der Waals surface area (Å²) in [4.78, 5) is 14.9. The van der Waals surface area contributed by atoms with Gasteiger partial charge in [-0.1, -0.05) is 41.5 Å². The number of carbonyl (C=O) groups is 1. The molecule has 0 unspecified atom stereocenters. The Morgan fingerprint density at radius 1 is 1.19 bits per heavy atom. The van der Waals surface area contributed by atoms with Gasteiger partial charge in [0.05, 0.1) is 24.8 Å². The first kappa shape index (κ1) is 21.4. The Balaban J connectivity index is 2.45. The van der Waals surface area contributed by atoms with Crippen LogP contribution in [0.5, 0.6) is 5.75 Å². The zero-order valence-corrected chi connectivity index (χ0v) is 18.0. The number of phenols is 1. The molecular formula is C22H30N2O2S. The highest BCUT2D eigenvalue weighted by molar-refractivity contribution is 8.03. The summed E-state index contributed by atoms with van der Waals surface area (Å²) in [5, 5.41) is 19.6. The van der Waals surface area contributed by atoms with Gasteiger partial charge in [-0.3, -0.25) is 4.79 Å². The summed E-state index contributed by atoms with van der Waals surface area (Å²) in [7, 11) is 0. The van der Waals surface area contributed by atoms with E-state index in [2.05, 4.69) is 53.7 Å². The van der Waals surface area contributed by atoms with Crippen molar-refractivity contribution in [2.75, 3.05) is 18.8 Å². The van der Waals surface area contributed by atoms with E-state index in [0.29, 0.717) is 31.0 Å². The number of hydrogen-bond acceptors (Lipinski definition) is 4. The minimum atomic E-state index is -0.174. The first-order valence-electron chi connectivity index (χ1n) is 9.29. The summed E-state index contributed by atoms with van der Waals surface area (Å²) in [6, 6.07) is 6.21. The Hall–Kier alpha value is -1.93. The van der Waals surface area contributed by atoms with Crippen LogP contribution in [-0.4, -0.2) is 34.8 Å². The summed E-state index contributed by atoms with van der Waals surface area (Å²) in [5.41, 5.74) is 2.56. The molecule has 0 aliphatic carbocycles. The van der Waals surface area contributed by atoms with Gasteiger partial charge in [0.15, 0.2) is 0 Å². The number of aromatic hydroxyl groups is 1. The van der Waals surface area contributed by atoms with Gasteiger partial charge >= 0.3 is 0 Å². The molecule has 1 saturated heterocycles. The van der Waals surface area contributed by atoms with Gasteiger partial charge in [0.2, 0.25) is 5.91 Å². The SMILES string of the molecule is CC(C)(C)c1cc(/C=C2/CN(CCC#N)C(=O)CS2)cc(C(C)(C)C)c1O. The van der Waals surface area contributed by atoms with Crippen molar-refractivity contribution in [1.29, 1.82) is 5.26 Å². The van der Waals surface area contributed by atoms with Crippen LogP contribution < -0.4 is 0 Å². The van der Waals surface area contributed by atoms with Crippen LogP contribution >= 0.6 is 11.8 Å². The molecule has 5 heteroatoms. The molecule has 1 amide bonds. The Morgan fingerprint density at radius 3 is 2.22 bits per heavy atom. The predicted octanol–water partition coefficient (Wildman–Crippen LogP) is 4.82. The third-order valence-corrected chi connectivity index (χ3v) is 5.66. The van der Waals surface area contributed by atoms with Crippen LogP contribution in [0, 0.1) is 11.3 Å². The molecule has 2 rings (SSSR count). The Labute approximate surface area is 167 Å². The molecule has 1 aliphatic rings. The van der Waals surface area contributed by atoms with E-state index in [1.807, 2.05) is 12.1 Å². The van der Waals surface area contributed by atoms with E-state index in [9.17, 15) is 9.90 Å². The van der Waals surface area contributed by atoms with Crippen molar-refractivity contribution in [1.82, 2.24) is 4.90 Å². The van der Waals surface area contributed by atoms with Gasteiger partial charge in [-0.15, -0.1) is 11.8 Å². The second-order valence-corrected chi connectivity index (χ2v) is 10.2. The molecule has 0 saturated carbocycles. The molecule has 0 bridgehead atoms. The van der Waals surface area contributed by atoms with Crippen LogP contribution in [0.15, 0.2) is 17.0 Å². The fourth-order valence-corrected chi connectivity index (χ4v) is 4.07. The van der Waals surface area contributed by atoms with Gasteiger partial charge in [0, 0.05) is 22.6 Å². The van der Waals surface area contributed by atoms with Crippen LogP contribution in [0.2, 0.25) is 0 Å². The zero-order valence-electron chi connectivity index (χ0n) is 17.2. The number of rotatable bonds is 3. The topological polar surface area (TPSA) is 64.3 Å². The first-order chi connectivity index (χ1) is 12.4. The average Bonchev–Trinajstić information content (AvgIpc) is 2.54. The van der Waals surface area contributed by atoms with E-state index in [-0.39, 0.29) is 16.7 Å². The lowest BCUT2D eigenvalue weighted by molar-refractivity contribution is -0.128. The monoisotopic (exact) mass is 386 g/mol. The molecule has 0 spiro atoms. The van der Waals surface area contributed by atoms with Crippen molar-refractivity contribution in [3.05, 3.63) is 33.7 Å². The van der Waals surface area contributed by atoms with Crippen molar-refractivity contribution in [3.63, 3.8) is 0 Å². The Morgan fingerprint density at radius 2 is 1.74 bits per heavy atom. The molecule has 4 nitrogen and oxygen atoms in total. The van der Waals surface area contributed by atoms with Gasteiger partial charge in [-0.25, -0.2) is 0 Å². The molecule has 146 valence electrons. The first-order valence-corrected chi connectivity index (χ1v) is 10.3. The predicted molar refractivity (Wildman–Crippen MR) is 113 cm³/mol. The van der Waals surface area contributed by atoms with E-state index in [4.69, 9.17) is 5.26 Å². The smallest absolute Gasteiger partial charge is 0.233 e. The maximum atomic E-state index is 12.0. The minimum absolute atomic E-state index is 0.0869. The van der Waals surface area contributed by atoms with Crippen molar-refractivity contribution in [2.45, 2.75) is 58.8 Å². The largest absolute Gasteiger partial charge is 0.507 e. The Bertz CT molecular complexity index is 757. The number of amides is 1. The van der Waals surface area contributed by atoms with Crippen molar-refractivity contribution >= 4 is 23.7 Å². The van der Waals surface area contributed by atoms with E-state index in [1.165, 1.54) is 0 Å². The molecule has 1 N–H and O–H groups in total. The Kier molecular flexibility index (Phi) is 6.32. The molecule has 0 radical (unpaired) electrons. The lowest BCUT2D eigenvalue weighted by Gasteiger charge is -2.29. The fraction of sp³-hybridized carbons (Fsp3) is 0.545. The van der Waals surface area contributed by atoms with Crippen LogP contribution in [0.3, 0.4) is 0 Å². The van der Waals surface area contributed by atoms with Gasteiger partial charge in [0.1, 0.15) is 5.75 Å². The van der Waals surface area contributed by atoms with Gasteiger partial charge in [-0.2, -0.15) is 5.26 Å². The standard InChI is InChI=1S/C22H30N2O2S/c1-21(2,3)17-11-15(12-18(20(17)26)22(4,5)6)10-16-13-24(9-7-8-23)19(25)14-27-16/h10-12,26H,7,9,13-14H2,1-6H3/b16-10-. The number of carbonyl (C=O) groups excluding carboxylic acids is 1. The highest BCUT2D eigenvalue weighted by atomic mass is 32.2. The van der Waals surface area contributed by atoms with E-state index < -0.39 is 0 Å². The summed E-state index contributed by atoms with van der Waals surface area (Å²) >= 11 is 1.56. The normalized spacial score (nSPS) is 17.3. The maximum absolute atomic E-state index is 12.0. The molecule has 27 heavy (non-hydrogen) atoms. The van der Waals surface area contributed by atoms with Crippen LogP contribution in [0.4, 0.5) is 0 Å². The lowest BCUT2D eigenvalue weighted by atomic mass is 9.78. The second kappa shape index (κ2) is 7.98. The average molecular weight is 387 g/mol. The van der Waals surface area contributed by atoms with Gasteiger partial charge in [-0.05, 0) is 34.6 Å². The summed E-state index contributed by atoms with van der Waals surface area (Å²) in [6.45, 7) is 13.6. The number of benzene rings is 1. The third-order valence-electron chi connectivity index (χ3n) is 4.65. The van der Waals surface area contributed by atoms with Gasteiger partial charge < -0.3 is 10.0 Å². The molecular weight excluding hydrogens is 356 g/mol. The van der Waals surface area contributed by atoms with Crippen molar-refractivity contribution in [2.24, 2.45) is 0 Å².